The van der Waals surface area contributed by atoms with Crippen molar-refractivity contribution in [2.24, 2.45) is 0 Å². The van der Waals surface area contributed by atoms with Crippen LogP contribution in [-0.4, -0.2) is 9.55 Å². The summed E-state index contributed by atoms with van der Waals surface area (Å²) in [5.41, 5.74) is 5.55. The number of hydrogen-bond donors (Lipinski definition) is 1. The molecule has 29 heavy (non-hydrogen) atoms. The molecule has 0 unspecified atom stereocenters. The smallest absolute Gasteiger partial charge is 0.258 e. The summed E-state index contributed by atoms with van der Waals surface area (Å²) >= 11 is 5.68. The average Bonchev–Trinajstić information content (AvgIpc) is 2.97. The maximum Gasteiger partial charge on any atom is 0.258 e. The van der Waals surface area contributed by atoms with Gasteiger partial charge in [0.1, 0.15) is 0 Å². The molecule has 2 aliphatic carbocycles. The van der Waals surface area contributed by atoms with Crippen molar-refractivity contribution in [2.75, 3.05) is 0 Å². The van der Waals surface area contributed by atoms with Crippen molar-refractivity contribution in [1.29, 1.82) is 0 Å². The Kier molecular flexibility index (Phi) is 4.75. The van der Waals surface area contributed by atoms with Gasteiger partial charge in [0, 0.05) is 16.5 Å². The molecule has 0 radical (unpaired) electrons. The van der Waals surface area contributed by atoms with Crippen LogP contribution in [0.4, 0.5) is 0 Å². The number of H-pyrrole nitrogens is 1. The van der Waals surface area contributed by atoms with Crippen LogP contribution >= 0.6 is 12.2 Å². The Bertz CT molecular complexity index is 1150. The summed E-state index contributed by atoms with van der Waals surface area (Å²) < 4.78 is 2.28. The molecule has 1 N–H and O–H groups in total. The summed E-state index contributed by atoms with van der Waals surface area (Å²) in [5, 5.41) is 0. The van der Waals surface area contributed by atoms with E-state index in [4.69, 9.17) is 12.2 Å². The predicted octanol–water partition coefficient (Wildman–Crippen LogP) is 5.77. The molecule has 2 aromatic carbocycles. The van der Waals surface area contributed by atoms with Gasteiger partial charge in [0.15, 0.2) is 4.77 Å². The fourth-order valence-corrected chi connectivity index (χ4v) is 5.63. The number of rotatable bonds is 2. The fourth-order valence-electron chi connectivity index (χ4n) is 5.38. The van der Waals surface area contributed by atoms with E-state index in [2.05, 4.69) is 41.4 Å². The molecule has 1 aromatic heterocycles. The van der Waals surface area contributed by atoms with Gasteiger partial charge in [-0.15, -0.1) is 0 Å². The Hall–Kier alpha value is -2.46. The summed E-state index contributed by atoms with van der Waals surface area (Å²) in [6.45, 7) is 0.514. The van der Waals surface area contributed by atoms with Crippen LogP contribution in [0.1, 0.15) is 55.2 Å². The van der Waals surface area contributed by atoms with Crippen molar-refractivity contribution < 1.29 is 0 Å². The number of hydrogen-bond acceptors (Lipinski definition) is 2. The van der Waals surface area contributed by atoms with Gasteiger partial charge in [0.05, 0.1) is 12.2 Å². The molecule has 0 amide bonds. The highest BCUT2D eigenvalue weighted by atomic mass is 32.1. The van der Waals surface area contributed by atoms with Crippen LogP contribution in [0.2, 0.25) is 0 Å². The monoisotopic (exact) mass is 402 g/mol. The number of aromatic nitrogens is 2. The normalized spacial score (nSPS) is 17.4. The predicted molar refractivity (Wildman–Crippen MR) is 120 cm³/mol. The highest BCUT2D eigenvalue weighted by Gasteiger charge is 2.42. The molecule has 4 heteroatoms. The van der Waals surface area contributed by atoms with Crippen LogP contribution in [0.3, 0.4) is 0 Å². The molecule has 1 spiro atoms. The minimum Gasteiger partial charge on any atom is -0.331 e. The van der Waals surface area contributed by atoms with Crippen molar-refractivity contribution in [2.45, 2.75) is 56.9 Å². The van der Waals surface area contributed by atoms with Crippen LogP contribution in [0, 0.1) is 4.77 Å². The van der Waals surface area contributed by atoms with Crippen molar-refractivity contribution >= 4 is 12.2 Å². The summed E-state index contributed by atoms with van der Waals surface area (Å²) in [4.78, 5) is 17.4. The molecule has 0 saturated heterocycles. The van der Waals surface area contributed by atoms with Gasteiger partial charge in [-0.3, -0.25) is 9.36 Å². The zero-order valence-electron chi connectivity index (χ0n) is 16.6. The van der Waals surface area contributed by atoms with Crippen molar-refractivity contribution in [3.05, 3.63) is 86.4 Å². The van der Waals surface area contributed by atoms with E-state index in [1.54, 1.807) is 4.57 Å². The van der Waals surface area contributed by atoms with Gasteiger partial charge in [0.2, 0.25) is 0 Å². The van der Waals surface area contributed by atoms with Gasteiger partial charge in [0.25, 0.3) is 5.56 Å². The van der Waals surface area contributed by atoms with Crippen LogP contribution < -0.4 is 5.56 Å². The Balaban J connectivity index is 1.75. The first-order valence-electron chi connectivity index (χ1n) is 10.7. The van der Waals surface area contributed by atoms with Crippen molar-refractivity contribution in [3.63, 3.8) is 0 Å². The summed E-state index contributed by atoms with van der Waals surface area (Å²) in [7, 11) is 0. The highest BCUT2D eigenvalue weighted by Crippen LogP contribution is 2.47. The Morgan fingerprint density at radius 1 is 0.931 bits per heavy atom. The molecule has 1 fully saturated rings. The molecule has 5 rings (SSSR count). The molecule has 2 aliphatic rings. The summed E-state index contributed by atoms with van der Waals surface area (Å²) in [6.07, 6.45) is 8.03. The second-order valence-electron chi connectivity index (χ2n) is 8.59. The first-order chi connectivity index (χ1) is 14.2. The lowest BCUT2D eigenvalue weighted by molar-refractivity contribution is 0.356. The molecule has 3 aromatic rings. The van der Waals surface area contributed by atoms with Gasteiger partial charge in [-0.05, 0) is 42.6 Å². The third kappa shape index (κ3) is 3.20. The van der Waals surface area contributed by atoms with Gasteiger partial charge in [-0.1, -0.05) is 80.3 Å². The van der Waals surface area contributed by atoms with E-state index in [0.717, 1.165) is 41.6 Å². The SMILES string of the molecule is O=c1c2c([nH]c(=S)n1Cc1ccccc1)-c1ccccc1CC21CCCCCC1. The standard InChI is InChI=1S/C25H26N2OS/c28-23-21-22(26-24(29)27(23)17-18-10-4-3-5-11-18)20-13-7-6-12-19(20)16-25(21)14-8-1-2-9-15-25/h3-7,10-13H,1-2,8-9,14-17H2,(H,26,29). The number of nitrogens with zero attached hydrogens (tertiary/aromatic N) is 1. The molecule has 1 saturated carbocycles. The Morgan fingerprint density at radius 3 is 2.38 bits per heavy atom. The molecule has 1 heterocycles. The number of aromatic amines is 1. The molecule has 0 aliphatic heterocycles. The van der Waals surface area contributed by atoms with E-state index < -0.39 is 0 Å². The first kappa shape index (κ1) is 18.6. The lowest BCUT2D eigenvalue weighted by atomic mass is 9.65. The van der Waals surface area contributed by atoms with Gasteiger partial charge in [-0.25, -0.2) is 0 Å². The molecule has 148 valence electrons. The lowest BCUT2D eigenvalue weighted by Crippen LogP contribution is -2.41. The third-order valence-corrected chi connectivity index (χ3v) is 7.10. The van der Waals surface area contributed by atoms with E-state index in [1.165, 1.54) is 31.2 Å². The number of fused-ring (bicyclic) bond motifs is 4. The maximum absolute atomic E-state index is 13.9. The van der Waals surface area contributed by atoms with E-state index in [0.29, 0.717) is 11.3 Å². The zero-order valence-corrected chi connectivity index (χ0v) is 17.4. The quantitative estimate of drug-likeness (QED) is 0.553. The van der Waals surface area contributed by atoms with Crippen molar-refractivity contribution in [3.8, 4) is 11.3 Å². The number of nitrogens with one attached hydrogen (secondary N) is 1. The Labute approximate surface area is 176 Å². The molecular weight excluding hydrogens is 376 g/mol. The topological polar surface area (TPSA) is 37.8 Å². The molecule has 0 bridgehead atoms. The van der Waals surface area contributed by atoms with E-state index in [-0.39, 0.29) is 11.0 Å². The molecule has 0 atom stereocenters. The van der Waals surface area contributed by atoms with Crippen LogP contribution in [0.15, 0.2) is 59.4 Å². The second-order valence-corrected chi connectivity index (χ2v) is 8.97. The van der Waals surface area contributed by atoms with Crippen molar-refractivity contribution in [1.82, 2.24) is 9.55 Å². The van der Waals surface area contributed by atoms with E-state index in [9.17, 15) is 4.79 Å². The number of benzene rings is 2. The van der Waals surface area contributed by atoms with Gasteiger partial charge in [-0.2, -0.15) is 0 Å². The van der Waals surface area contributed by atoms with Crippen LogP contribution in [-0.2, 0) is 18.4 Å². The van der Waals surface area contributed by atoms with Crippen LogP contribution in [0.5, 0.6) is 0 Å². The first-order valence-corrected chi connectivity index (χ1v) is 11.1. The minimum absolute atomic E-state index is 0.0742. The highest BCUT2D eigenvalue weighted by molar-refractivity contribution is 7.71. The lowest BCUT2D eigenvalue weighted by Gasteiger charge is -2.39. The second kappa shape index (κ2) is 7.42. The van der Waals surface area contributed by atoms with E-state index in [1.807, 2.05) is 18.2 Å². The van der Waals surface area contributed by atoms with Gasteiger partial charge < -0.3 is 4.98 Å². The van der Waals surface area contributed by atoms with Crippen LogP contribution in [0.25, 0.3) is 11.3 Å². The Morgan fingerprint density at radius 2 is 1.62 bits per heavy atom. The maximum atomic E-state index is 13.9. The van der Waals surface area contributed by atoms with E-state index >= 15 is 0 Å². The zero-order chi connectivity index (χ0) is 19.8. The largest absolute Gasteiger partial charge is 0.331 e. The average molecular weight is 403 g/mol. The van der Waals surface area contributed by atoms with Gasteiger partial charge >= 0.3 is 0 Å². The molecular formula is C25H26N2OS. The molecule has 3 nitrogen and oxygen atoms in total. The minimum atomic E-state index is -0.0742. The summed E-state index contributed by atoms with van der Waals surface area (Å²) in [6, 6.07) is 18.6. The third-order valence-electron chi connectivity index (χ3n) is 6.78. The summed E-state index contributed by atoms with van der Waals surface area (Å²) in [5.74, 6) is 0. The fraction of sp³-hybridized carbons (Fsp3) is 0.360.